The Kier molecular flexibility index (Phi) is 5.06. The fraction of sp³-hybridized carbons (Fsp3) is 0.0588. The highest BCUT2D eigenvalue weighted by atomic mass is 127. The van der Waals surface area contributed by atoms with E-state index >= 15 is 0 Å². The Bertz CT molecular complexity index is 876. The van der Waals surface area contributed by atoms with E-state index in [0.29, 0.717) is 16.7 Å². The molecule has 2 aromatic rings. The van der Waals surface area contributed by atoms with E-state index in [9.17, 15) is 14.0 Å². The van der Waals surface area contributed by atoms with E-state index in [0.717, 1.165) is 10.5 Å². The van der Waals surface area contributed by atoms with Gasteiger partial charge in [-0.2, -0.15) is 0 Å². The molecule has 1 N–H and O–H groups in total. The van der Waals surface area contributed by atoms with Gasteiger partial charge >= 0.3 is 0 Å². The summed E-state index contributed by atoms with van der Waals surface area (Å²) < 4.78 is 18.9. The van der Waals surface area contributed by atoms with Crippen molar-refractivity contribution in [2.24, 2.45) is 0 Å². The summed E-state index contributed by atoms with van der Waals surface area (Å²) in [5, 5.41) is 3.29. The molecule has 0 spiro atoms. The number of hydrogen-bond acceptors (Lipinski definition) is 4. The van der Waals surface area contributed by atoms with Crippen LogP contribution in [0.25, 0.3) is 0 Å². The zero-order chi connectivity index (χ0) is 18.1. The maximum atomic E-state index is 14.0. The molecule has 25 heavy (non-hydrogen) atoms. The molecule has 0 radical (unpaired) electrons. The second-order valence-corrected chi connectivity index (χ2v) is 6.51. The van der Waals surface area contributed by atoms with Crippen molar-refractivity contribution in [2.45, 2.75) is 6.92 Å². The Balaban J connectivity index is 1.85. The maximum absolute atomic E-state index is 14.0. The number of halogens is 2. The fourth-order valence-electron chi connectivity index (χ4n) is 2.42. The lowest BCUT2D eigenvalue weighted by molar-refractivity contribution is -0.120. The Morgan fingerprint density at radius 2 is 1.88 bits per heavy atom. The van der Waals surface area contributed by atoms with E-state index in [1.54, 1.807) is 41.2 Å². The third-order valence-corrected chi connectivity index (χ3v) is 4.51. The normalized spacial score (nSPS) is 13.9. The van der Waals surface area contributed by atoms with Crippen LogP contribution in [0.2, 0.25) is 0 Å². The van der Waals surface area contributed by atoms with Crippen LogP contribution in [-0.4, -0.2) is 11.8 Å². The second kappa shape index (κ2) is 7.09. The van der Waals surface area contributed by atoms with Gasteiger partial charge in [-0.15, -0.1) is 9.24 Å². The molecule has 2 amide bonds. The van der Waals surface area contributed by atoms with Gasteiger partial charge in [-0.3, -0.25) is 9.59 Å². The summed E-state index contributed by atoms with van der Waals surface area (Å²) in [5.74, 6) is -1.42. The van der Waals surface area contributed by atoms with Crippen molar-refractivity contribution >= 4 is 60.7 Å². The molecule has 2 aromatic carbocycles. The molecule has 3 rings (SSSR count). The number of imide groups is 1. The molecule has 1 unspecified atom stereocenters. The van der Waals surface area contributed by atoms with Gasteiger partial charge in [0.15, 0.2) is 34.6 Å². The minimum absolute atomic E-state index is 0.0810. The van der Waals surface area contributed by atoms with Crippen LogP contribution in [-0.2, 0) is 9.59 Å². The lowest BCUT2D eigenvalue weighted by Gasteiger charge is -2.16. The van der Waals surface area contributed by atoms with Crippen molar-refractivity contribution in [3.63, 3.8) is 0 Å². The average Bonchev–Trinajstić information content (AvgIpc) is 2.82. The van der Waals surface area contributed by atoms with Gasteiger partial charge < -0.3 is 8.38 Å². The van der Waals surface area contributed by atoms with Crippen LogP contribution in [0.1, 0.15) is 5.56 Å². The van der Waals surface area contributed by atoms with Crippen LogP contribution in [0.5, 0.6) is 5.75 Å². The van der Waals surface area contributed by atoms with Gasteiger partial charge in [0.25, 0.3) is 11.8 Å². The van der Waals surface area contributed by atoms with Crippen LogP contribution < -0.4 is 18.6 Å². The Hall–Kier alpha value is -1.99. The third-order valence-electron chi connectivity index (χ3n) is 3.64. The van der Waals surface area contributed by atoms with Gasteiger partial charge in [-0.05, 0) is 25.1 Å². The molecule has 1 heterocycles. The minimum atomic E-state index is -0.572. The number of hydrogen-bond donors (Lipinski definition) is 1. The lowest BCUT2D eigenvalue weighted by Crippen LogP contribution is -2.31. The van der Waals surface area contributed by atoms with Crippen LogP contribution in [0.4, 0.5) is 15.8 Å². The number of carbonyl (C=O) groups excluding carboxylic acids is 2. The molecule has 0 aromatic heterocycles. The molecular formula is C17H13FIN2O3P. The summed E-state index contributed by atoms with van der Waals surface area (Å²) in [4.78, 5) is 25.8. The second-order valence-electron chi connectivity index (χ2n) is 5.45. The van der Waals surface area contributed by atoms with Crippen molar-refractivity contribution in [1.82, 2.24) is 0 Å². The quantitative estimate of drug-likeness (QED) is 0.424. The monoisotopic (exact) mass is 470 g/mol. The van der Waals surface area contributed by atoms with E-state index in [1.807, 2.05) is 19.1 Å². The molecule has 0 aliphatic carbocycles. The van der Waals surface area contributed by atoms with Crippen molar-refractivity contribution < 1.29 is 17.0 Å². The summed E-state index contributed by atoms with van der Waals surface area (Å²) >= 11 is 1.59. The van der Waals surface area contributed by atoms with Gasteiger partial charge in [0.2, 0.25) is 0 Å². The van der Waals surface area contributed by atoms with Crippen LogP contribution in [0, 0.1) is 12.7 Å². The van der Waals surface area contributed by atoms with E-state index in [1.165, 1.54) is 12.1 Å². The first-order valence-corrected chi connectivity index (χ1v) is 8.68. The van der Waals surface area contributed by atoms with Crippen molar-refractivity contribution in [2.75, 3.05) is 10.2 Å². The summed E-state index contributed by atoms with van der Waals surface area (Å²) in [6.45, 7) is 1.92. The summed E-state index contributed by atoms with van der Waals surface area (Å²) in [7, 11) is 2.36. The number of nitrogens with zero attached hydrogens (tertiary/aromatic N) is 1. The molecule has 0 bridgehead atoms. The Morgan fingerprint density at radius 3 is 2.48 bits per heavy atom. The SMILES string of the molecule is Cc1ccc(N2C(=O)C=C(Nc3cc(F)c(OI)c(P)c3)C2=O)cc1. The Labute approximate surface area is 160 Å². The van der Waals surface area contributed by atoms with E-state index < -0.39 is 17.6 Å². The predicted octanol–water partition coefficient (Wildman–Crippen LogP) is 3.23. The maximum Gasteiger partial charge on any atom is 0.281 e. The number of anilines is 2. The lowest BCUT2D eigenvalue weighted by atomic mass is 10.2. The standard InChI is InChI=1S/C17H13FIN2O3P/c1-9-2-4-11(5-3-9)21-15(22)8-13(17(21)23)20-10-6-12(18)16(24-19)14(25)7-10/h2-8,20H,25H2,1H3. The first-order chi connectivity index (χ1) is 11.9. The number of benzene rings is 2. The zero-order valence-electron chi connectivity index (χ0n) is 13.0. The molecule has 0 fully saturated rings. The summed E-state index contributed by atoms with van der Waals surface area (Å²) in [6.07, 6.45) is 1.20. The van der Waals surface area contributed by atoms with Gasteiger partial charge in [-0.25, -0.2) is 9.29 Å². The number of rotatable bonds is 4. The van der Waals surface area contributed by atoms with Crippen LogP contribution >= 0.6 is 32.2 Å². The molecule has 1 atom stereocenters. The van der Waals surface area contributed by atoms with E-state index in [-0.39, 0.29) is 11.4 Å². The van der Waals surface area contributed by atoms with Gasteiger partial charge in [0, 0.05) is 23.1 Å². The first kappa shape index (κ1) is 17.8. The largest absolute Gasteiger partial charge is 0.424 e. The van der Waals surface area contributed by atoms with Crippen molar-refractivity contribution in [1.29, 1.82) is 0 Å². The predicted molar refractivity (Wildman–Crippen MR) is 106 cm³/mol. The minimum Gasteiger partial charge on any atom is -0.424 e. The molecule has 1 aliphatic rings. The van der Waals surface area contributed by atoms with Crippen LogP contribution in [0.3, 0.4) is 0 Å². The first-order valence-electron chi connectivity index (χ1n) is 7.22. The number of amides is 2. The van der Waals surface area contributed by atoms with E-state index in [2.05, 4.69) is 14.6 Å². The number of nitrogens with one attached hydrogen (secondary N) is 1. The molecular weight excluding hydrogens is 457 g/mol. The zero-order valence-corrected chi connectivity index (χ0v) is 16.4. The highest BCUT2D eigenvalue weighted by Gasteiger charge is 2.32. The topological polar surface area (TPSA) is 58.6 Å². The van der Waals surface area contributed by atoms with Crippen molar-refractivity contribution in [3.05, 3.63) is 59.6 Å². The van der Waals surface area contributed by atoms with E-state index in [4.69, 9.17) is 3.07 Å². The van der Waals surface area contributed by atoms with Gasteiger partial charge in [-0.1, -0.05) is 17.7 Å². The highest BCUT2D eigenvalue weighted by molar-refractivity contribution is 14.1. The van der Waals surface area contributed by atoms with Gasteiger partial charge in [0.05, 0.1) is 5.69 Å². The molecule has 1 aliphatic heterocycles. The number of carbonyl (C=O) groups is 2. The fourth-order valence-corrected chi connectivity index (χ4v) is 3.50. The highest BCUT2D eigenvalue weighted by Crippen LogP contribution is 2.27. The van der Waals surface area contributed by atoms with Gasteiger partial charge in [0.1, 0.15) is 5.70 Å². The summed E-state index contributed by atoms with van der Waals surface area (Å²) in [6, 6.07) is 9.85. The third kappa shape index (κ3) is 3.52. The number of aryl methyl sites for hydroxylation is 1. The molecule has 0 saturated heterocycles. The smallest absolute Gasteiger partial charge is 0.281 e. The molecule has 8 heteroatoms. The average molecular weight is 470 g/mol. The molecule has 128 valence electrons. The molecule has 0 saturated carbocycles. The molecule has 5 nitrogen and oxygen atoms in total. The Morgan fingerprint density at radius 1 is 1.20 bits per heavy atom. The van der Waals surface area contributed by atoms with Crippen molar-refractivity contribution in [3.8, 4) is 5.75 Å². The summed E-state index contributed by atoms with van der Waals surface area (Å²) in [5.41, 5.74) is 1.94. The van der Waals surface area contributed by atoms with Crippen LogP contribution in [0.15, 0.2) is 48.2 Å².